The SMILES string of the molecule is CNc1nc([C@H]2CCCN2)nc2c1CCN(C(C)=O)C2. The van der Waals surface area contributed by atoms with Gasteiger partial charge in [-0.2, -0.15) is 0 Å². The van der Waals surface area contributed by atoms with Gasteiger partial charge >= 0.3 is 0 Å². The van der Waals surface area contributed by atoms with Crippen molar-refractivity contribution in [3.05, 3.63) is 17.1 Å². The van der Waals surface area contributed by atoms with Crippen molar-refractivity contribution in [2.45, 2.75) is 38.8 Å². The van der Waals surface area contributed by atoms with Gasteiger partial charge in [0, 0.05) is 26.1 Å². The second kappa shape index (κ2) is 5.36. The molecule has 0 bridgehead atoms. The van der Waals surface area contributed by atoms with E-state index in [2.05, 4.69) is 15.6 Å². The predicted octanol–water partition coefficient (Wildman–Crippen LogP) is 0.847. The number of carbonyl (C=O) groups excluding carboxylic acids is 1. The first-order valence-electron chi connectivity index (χ1n) is 7.25. The third-order valence-corrected chi connectivity index (χ3v) is 4.14. The van der Waals surface area contributed by atoms with Gasteiger partial charge in [0.1, 0.15) is 11.6 Å². The molecule has 0 spiro atoms. The number of amides is 1. The normalized spacial score (nSPS) is 21.7. The van der Waals surface area contributed by atoms with Crippen LogP contribution in [-0.2, 0) is 17.8 Å². The number of carbonyl (C=O) groups is 1. The number of rotatable bonds is 2. The Balaban J connectivity index is 1.96. The number of nitrogens with one attached hydrogen (secondary N) is 2. The molecule has 1 amide bonds. The maximum Gasteiger partial charge on any atom is 0.219 e. The monoisotopic (exact) mass is 275 g/mol. The van der Waals surface area contributed by atoms with Gasteiger partial charge in [0.25, 0.3) is 0 Å². The number of nitrogens with zero attached hydrogens (tertiary/aromatic N) is 3. The van der Waals surface area contributed by atoms with Crippen LogP contribution in [0.15, 0.2) is 0 Å². The minimum absolute atomic E-state index is 0.112. The van der Waals surface area contributed by atoms with Gasteiger partial charge in [0.15, 0.2) is 0 Å². The lowest BCUT2D eigenvalue weighted by Gasteiger charge is -2.29. The van der Waals surface area contributed by atoms with Gasteiger partial charge in [-0.05, 0) is 25.8 Å². The highest BCUT2D eigenvalue weighted by Gasteiger charge is 2.26. The highest BCUT2D eigenvalue weighted by molar-refractivity contribution is 5.73. The van der Waals surface area contributed by atoms with E-state index in [-0.39, 0.29) is 11.9 Å². The molecule has 1 atom stereocenters. The van der Waals surface area contributed by atoms with E-state index in [1.807, 2.05) is 11.9 Å². The summed E-state index contributed by atoms with van der Waals surface area (Å²) in [5.74, 6) is 1.89. The Morgan fingerprint density at radius 1 is 1.45 bits per heavy atom. The average Bonchev–Trinajstić information content (AvgIpc) is 2.99. The fraction of sp³-hybridized carbons (Fsp3) is 0.643. The summed E-state index contributed by atoms with van der Waals surface area (Å²) in [6, 6.07) is 0.250. The van der Waals surface area contributed by atoms with Crippen LogP contribution >= 0.6 is 0 Å². The number of hydrogen-bond donors (Lipinski definition) is 2. The topological polar surface area (TPSA) is 70.2 Å². The van der Waals surface area contributed by atoms with E-state index in [0.717, 1.165) is 48.8 Å². The van der Waals surface area contributed by atoms with E-state index in [1.165, 1.54) is 6.42 Å². The molecule has 2 aliphatic heterocycles. The van der Waals surface area contributed by atoms with Gasteiger partial charge in [-0.1, -0.05) is 0 Å². The smallest absolute Gasteiger partial charge is 0.219 e. The van der Waals surface area contributed by atoms with E-state index in [9.17, 15) is 4.79 Å². The Labute approximate surface area is 119 Å². The molecule has 6 heteroatoms. The van der Waals surface area contributed by atoms with Crippen LogP contribution in [0.1, 0.15) is 42.9 Å². The van der Waals surface area contributed by atoms with Gasteiger partial charge < -0.3 is 15.5 Å². The highest BCUT2D eigenvalue weighted by atomic mass is 16.2. The second-order valence-electron chi connectivity index (χ2n) is 5.45. The Kier molecular flexibility index (Phi) is 3.56. The van der Waals surface area contributed by atoms with Gasteiger partial charge in [0.05, 0.1) is 18.3 Å². The minimum Gasteiger partial charge on any atom is -0.373 e. The second-order valence-corrected chi connectivity index (χ2v) is 5.45. The van der Waals surface area contributed by atoms with Crippen molar-refractivity contribution in [1.29, 1.82) is 0 Å². The number of hydrogen-bond acceptors (Lipinski definition) is 5. The molecule has 3 rings (SSSR count). The number of fused-ring (bicyclic) bond motifs is 1. The molecule has 6 nitrogen and oxygen atoms in total. The molecule has 0 radical (unpaired) electrons. The zero-order valence-electron chi connectivity index (χ0n) is 12.1. The summed E-state index contributed by atoms with van der Waals surface area (Å²) >= 11 is 0. The number of anilines is 1. The van der Waals surface area contributed by atoms with Crippen LogP contribution in [0.2, 0.25) is 0 Å². The van der Waals surface area contributed by atoms with Crippen molar-refractivity contribution in [1.82, 2.24) is 20.2 Å². The van der Waals surface area contributed by atoms with Crippen LogP contribution in [0.25, 0.3) is 0 Å². The molecular weight excluding hydrogens is 254 g/mol. The van der Waals surface area contributed by atoms with Gasteiger partial charge in [-0.3, -0.25) is 4.79 Å². The summed E-state index contributed by atoms with van der Waals surface area (Å²) in [6.45, 7) is 3.99. The van der Waals surface area contributed by atoms with Crippen LogP contribution in [0.4, 0.5) is 5.82 Å². The van der Waals surface area contributed by atoms with E-state index in [0.29, 0.717) is 6.54 Å². The Hall–Kier alpha value is -1.69. The Morgan fingerprint density at radius 2 is 2.30 bits per heavy atom. The molecule has 0 aromatic carbocycles. The van der Waals surface area contributed by atoms with Crippen LogP contribution in [0, 0.1) is 0 Å². The van der Waals surface area contributed by atoms with Gasteiger partial charge in [-0.25, -0.2) is 9.97 Å². The van der Waals surface area contributed by atoms with Gasteiger partial charge in [0.2, 0.25) is 5.91 Å². The van der Waals surface area contributed by atoms with Crippen molar-refractivity contribution < 1.29 is 4.79 Å². The summed E-state index contributed by atoms with van der Waals surface area (Å²) in [6.07, 6.45) is 3.07. The maximum absolute atomic E-state index is 11.6. The molecule has 3 heterocycles. The average molecular weight is 275 g/mol. The third kappa shape index (κ3) is 2.35. The molecule has 1 saturated heterocycles. The van der Waals surface area contributed by atoms with Crippen molar-refractivity contribution in [2.75, 3.05) is 25.5 Å². The maximum atomic E-state index is 11.6. The third-order valence-electron chi connectivity index (χ3n) is 4.14. The van der Waals surface area contributed by atoms with Crippen molar-refractivity contribution in [3.8, 4) is 0 Å². The van der Waals surface area contributed by atoms with E-state index in [1.54, 1.807) is 6.92 Å². The molecule has 1 aromatic heterocycles. The lowest BCUT2D eigenvalue weighted by molar-refractivity contribution is -0.129. The van der Waals surface area contributed by atoms with Gasteiger partial charge in [-0.15, -0.1) is 0 Å². The van der Waals surface area contributed by atoms with Crippen LogP contribution < -0.4 is 10.6 Å². The first-order chi connectivity index (χ1) is 9.69. The summed E-state index contributed by atoms with van der Waals surface area (Å²) in [5, 5.41) is 6.61. The van der Waals surface area contributed by atoms with E-state index < -0.39 is 0 Å². The van der Waals surface area contributed by atoms with Crippen LogP contribution in [0.5, 0.6) is 0 Å². The quantitative estimate of drug-likeness (QED) is 0.837. The zero-order chi connectivity index (χ0) is 14.1. The molecule has 108 valence electrons. The first-order valence-corrected chi connectivity index (χ1v) is 7.25. The Bertz CT molecular complexity index is 525. The molecule has 0 unspecified atom stereocenters. The number of aromatic nitrogens is 2. The lowest BCUT2D eigenvalue weighted by Crippen LogP contribution is -2.36. The summed E-state index contributed by atoms with van der Waals surface area (Å²) in [4.78, 5) is 22.8. The molecule has 20 heavy (non-hydrogen) atoms. The molecular formula is C14H21N5O. The highest BCUT2D eigenvalue weighted by Crippen LogP contribution is 2.27. The molecule has 1 aromatic rings. The summed E-state index contributed by atoms with van der Waals surface area (Å²) in [5.41, 5.74) is 2.15. The van der Waals surface area contributed by atoms with Crippen LogP contribution in [0.3, 0.4) is 0 Å². The van der Waals surface area contributed by atoms with E-state index in [4.69, 9.17) is 4.98 Å². The summed E-state index contributed by atoms with van der Waals surface area (Å²) in [7, 11) is 1.89. The van der Waals surface area contributed by atoms with Crippen molar-refractivity contribution in [2.24, 2.45) is 0 Å². The first kappa shape index (κ1) is 13.3. The van der Waals surface area contributed by atoms with E-state index >= 15 is 0 Å². The molecule has 2 N–H and O–H groups in total. The summed E-state index contributed by atoms with van der Waals surface area (Å²) < 4.78 is 0. The molecule has 0 saturated carbocycles. The van der Waals surface area contributed by atoms with Crippen molar-refractivity contribution >= 4 is 11.7 Å². The zero-order valence-corrected chi connectivity index (χ0v) is 12.1. The fourth-order valence-corrected chi connectivity index (χ4v) is 2.99. The molecule has 1 fully saturated rings. The molecule has 0 aliphatic carbocycles. The van der Waals surface area contributed by atoms with Crippen molar-refractivity contribution in [3.63, 3.8) is 0 Å². The minimum atomic E-state index is 0.112. The fourth-order valence-electron chi connectivity index (χ4n) is 2.99. The predicted molar refractivity (Wildman–Crippen MR) is 76.4 cm³/mol. The Morgan fingerprint density at radius 3 is 2.95 bits per heavy atom. The van der Waals surface area contributed by atoms with Crippen LogP contribution in [-0.4, -0.2) is 40.9 Å². The standard InChI is InChI=1S/C14H21N5O/c1-9(20)19-7-5-10-12(8-19)17-14(18-13(10)15-2)11-4-3-6-16-11/h11,16H,3-8H2,1-2H3,(H,15,17,18)/t11-/m1/s1. The lowest BCUT2D eigenvalue weighted by atomic mass is 10.0. The largest absolute Gasteiger partial charge is 0.373 e. The molecule has 2 aliphatic rings.